The molecule has 0 saturated heterocycles. The number of rotatable bonds is 3. The molecule has 250 valence electrons. The average molecular weight is 647 g/mol. The molecule has 3 aromatic carbocycles. The number of carbonyl (C=O) groups excluding carboxylic acids is 4. The number of fused-ring (bicyclic) bond motifs is 2. The summed E-state index contributed by atoms with van der Waals surface area (Å²) in [6, 6.07) is 17.9. The van der Waals surface area contributed by atoms with Crippen LogP contribution in [0.25, 0.3) is 11.1 Å². The fraction of sp³-hybridized carbons (Fsp3) is 0.389. The lowest BCUT2D eigenvalue weighted by atomic mass is 10.0. The first-order chi connectivity index (χ1) is 22.6. The number of benzene rings is 3. The quantitative estimate of drug-likeness (QED) is 0.440. The van der Waals surface area contributed by atoms with Crippen LogP contribution in [0.4, 0.5) is 4.39 Å². The van der Waals surface area contributed by atoms with Crippen LogP contribution in [0.2, 0.25) is 0 Å². The van der Waals surface area contributed by atoms with Crippen LogP contribution in [0, 0.1) is 5.82 Å². The molecule has 0 aliphatic carbocycles. The maximum Gasteiger partial charge on any atom is 0.258 e. The minimum Gasteiger partial charge on any atom is -0.493 e. The van der Waals surface area contributed by atoms with Crippen LogP contribution < -0.4 is 20.1 Å². The molecule has 2 N–H and O–H groups in total. The normalized spacial score (nSPS) is 17.8. The molecule has 0 fully saturated rings. The van der Waals surface area contributed by atoms with Crippen molar-refractivity contribution in [2.75, 3.05) is 46.9 Å². The molecule has 4 amide bonds. The van der Waals surface area contributed by atoms with Gasteiger partial charge in [0.2, 0.25) is 11.8 Å². The summed E-state index contributed by atoms with van der Waals surface area (Å²) in [5, 5.41) is 5.63. The van der Waals surface area contributed by atoms with E-state index in [2.05, 4.69) is 10.6 Å². The number of carbonyl (C=O) groups is 4. The second-order valence-electron chi connectivity index (χ2n) is 11.6. The number of nitrogens with one attached hydrogen (secondary N) is 2. The zero-order chi connectivity index (χ0) is 33.8. The van der Waals surface area contributed by atoms with Crippen LogP contribution in [0.3, 0.4) is 0 Å². The number of hydrogen-bond acceptors (Lipinski definition) is 6. The van der Waals surface area contributed by atoms with Gasteiger partial charge in [-0.05, 0) is 85.7 Å². The molecule has 3 aromatic rings. The lowest BCUT2D eigenvalue weighted by Crippen LogP contribution is -2.47. The lowest BCUT2D eigenvalue weighted by Gasteiger charge is -2.25. The molecule has 0 radical (unpaired) electrons. The van der Waals surface area contributed by atoms with E-state index in [1.165, 1.54) is 19.2 Å². The third-order valence-corrected chi connectivity index (χ3v) is 8.00. The molecule has 4 rings (SSSR count). The Morgan fingerprint density at radius 1 is 0.894 bits per heavy atom. The van der Waals surface area contributed by atoms with Crippen molar-refractivity contribution < 1.29 is 33.0 Å². The first-order valence-corrected chi connectivity index (χ1v) is 15.9. The third kappa shape index (κ3) is 10.3. The minimum absolute atomic E-state index is 0.118. The fourth-order valence-corrected chi connectivity index (χ4v) is 5.41. The zero-order valence-corrected chi connectivity index (χ0v) is 27.2. The van der Waals surface area contributed by atoms with Crippen molar-refractivity contribution in [2.24, 2.45) is 0 Å². The van der Waals surface area contributed by atoms with Crippen LogP contribution in [0.15, 0.2) is 66.7 Å². The van der Waals surface area contributed by atoms with Gasteiger partial charge in [0.1, 0.15) is 11.9 Å². The maximum absolute atomic E-state index is 13.9. The molecule has 0 spiro atoms. The number of likely N-dealkylation sites (N-methyl/N-ethyl adjacent to an activating group) is 1. The van der Waals surface area contributed by atoms with Crippen molar-refractivity contribution in [3.8, 4) is 22.6 Å². The summed E-state index contributed by atoms with van der Waals surface area (Å²) in [5.41, 5.74) is 2.73. The zero-order valence-electron chi connectivity index (χ0n) is 27.2. The smallest absolute Gasteiger partial charge is 0.258 e. The molecule has 1 aliphatic rings. The highest BCUT2D eigenvalue weighted by atomic mass is 19.1. The summed E-state index contributed by atoms with van der Waals surface area (Å²) < 4.78 is 25.0. The minimum atomic E-state index is -0.760. The summed E-state index contributed by atoms with van der Waals surface area (Å²) in [6.45, 7) is 3.01. The largest absolute Gasteiger partial charge is 0.493 e. The van der Waals surface area contributed by atoms with Crippen LogP contribution >= 0.6 is 0 Å². The van der Waals surface area contributed by atoms with Crippen molar-refractivity contribution in [2.45, 2.75) is 45.1 Å². The molecular formula is C36H43FN4O6. The standard InChI is InChI=1S/C36H43FN4O6/c1-25-35(44)40(2)18-4-5-19-41(36(45)29-11-6-9-27(22-29)28-10-7-12-30(37)23-28)20-8-17-38-33(42)16-14-26-13-15-31(46-3)32(21-26)47-24-34(43)39-25/h6-7,9-13,15,21-23,25H,4-5,8,14,16-20,24H2,1-3H3,(H,38,42)(H,39,43)/t25-/m0/s1. The molecule has 0 saturated carbocycles. The van der Waals surface area contributed by atoms with E-state index in [9.17, 15) is 23.6 Å². The fourth-order valence-electron chi connectivity index (χ4n) is 5.41. The molecule has 0 aromatic heterocycles. The second kappa shape index (κ2) is 17.1. The van der Waals surface area contributed by atoms with Crippen LogP contribution in [-0.2, 0) is 20.8 Å². The summed E-state index contributed by atoms with van der Waals surface area (Å²) in [4.78, 5) is 55.3. The Hall–Kier alpha value is -4.93. The van der Waals surface area contributed by atoms with Gasteiger partial charge in [-0.15, -0.1) is 0 Å². The Labute approximate surface area is 275 Å². The number of halogens is 1. The van der Waals surface area contributed by atoms with E-state index in [1.54, 1.807) is 66.2 Å². The summed E-state index contributed by atoms with van der Waals surface area (Å²) >= 11 is 0. The first-order valence-electron chi connectivity index (χ1n) is 15.9. The summed E-state index contributed by atoms with van der Waals surface area (Å²) in [5.74, 6) is -0.514. The van der Waals surface area contributed by atoms with E-state index in [1.807, 2.05) is 12.1 Å². The Kier molecular flexibility index (Phi) is 12.7. The maximum atomic E-state index is 13.9. The molecule has 11 heteroatoms. The highest BCUT2D eigenvalue weighted by molar-refractivity contribution is 5.95. The van der Waals surface area contributed by atoms with Crippen molar-refractivity contribution in [1.29, 1.82) is 0 Å². The molecule has 1 heterocycles. The van der Waals surface area contributed by atoms with Gasteiger partial charge >= 0.3 is 0 Å². The van der Waals surface area contributed by atoms with Gasteiger partial charge in [-0.3, -0.25) is 19.2 Å². The van der Waals surface area contributed by atoms with Crippen LogP contribution in [0.1, 0.15) is 48.5 Å². The van der Waals surface area contributed by atoms with E-state index in [4.69, 9.17) is 9.47 Å². The van der Waals surface area contributed by atoms with Gasteiger partial charge in [0.05, 0.1) is 7.11 Å². The molecule has 1 atom stereocenters. The third-order valence-electron chi connectivity index (χ3n) is 8.00. The molecule has 2 bridgehead atoms. The number of ether oxygens (including phenoxy) is 2. The van der Waals surface area contributed by atoms with Crippen molar-refractivity contribution in [3.63, 3.8) is 0 Å². The number of aryl methyl sites for hydroxylation is 1. The summed E-state index contributed by atoms with van der Waals surface area (Å²) in [7, 11) is 3.18. The first kappa shape index (κ1) is 34.9. The average Bonchev–Trinajstić information content (AvgIpc) is 3.08. The monoisotopic (exact) mass is 646 g/mol. The number of hydrogen-bond donors (Lipinski definition) is 2. The Bertz CT molecular complexity index is 1560. The molecule has 0 unspecified atom stereocenters. The van der Waals surface area contributed by atoms with Crippen molar-refractivity contribution in [1.82, 2.24) is 20.4 Å². The van der Waals surface area contributed by atoms with E-state index < -0.39 is 11.9 Å². The topological polar surface area (TPSA) is 117 Å². The van der Waals surface area contributed by atoms with Gasteiger partial charge in [0.25, 0.3) is 11.8 Å². The SMILES string of the molecule is COc1ccc2cc1OCC(=O)N[C@@H](C)C(=O)N(C)CCCCN(C(=O)c1cccc(-c3cccc(F)c3)c1)CCCNC(=O)CC2. The van der Waals surface area contributed by atoms with E-state index in [-0.39, 0.29) is 36.6 Å². The van der Waals surface area contributed by atoms with Gasteiger partial charge in [-0.1, -0.05) is 30.3 Å². The van der Waals surface area contributed by atoms with E-state index in [0.717, 1.165) is 11.1 Å². The molecule has 47 heavy (non-hydrogen) atoms. The van der Waals surface area contributed by atoms with Crippen LogP contribution in [-0.4, -0.2) is 86.4 Å². The van der Waals surface area contributed by atoms with Gasteiger partial charge in [0.15, 0.2) is 18.1 Å². The molecule has 1 aliphatic heterocycles. The lowest BCUT2D eigenvalue weighted by molar-refractivity contribution is -0.135. The highest BCUT2D eigenvalue weighted by Crippen LogP contribution is 2.28. The highest BCUT2D eigenvalue weighted by Gasteiger charge is 2.21. The van der Waals surface area contributed by atoms with Gasteiger partial charge in [-0.2, -0.15) is 0 Å². The Balaban J connectivity index is 1.48. The molecule has 10 nitrogen and oxygen atoms in total. The molecular weight excluding hydrogens is 603 g/mol. The number of nitrogens with zero attached hydrogens (tertiary/aromatic N) is 2. The number of amides is 4. The van der Waals surface area contributed by atoms with Crippen LogP contribution in [0.5, 0.6) is 11.5 Å². The van der Waals surface area contributed by atoms with Gasteiger partial charge in [-0.25, -0.2) is 4.39 Å². The van der Waals surface area contributed by atoms with E-state index in [0.29, 0.717) is 74.5 Å². The second-order valence-corrected chi connectivity index (χ2v) is 11.6. The number of methoxy groups -OCH3 is 1. The van der Waals surface area contributed by atoms with E-state index >= 15 is 0 Å². The predicted octanol–water partition coefficient (Wildman–Crippen LogP) is 4.22. The van der Waals surface area contributed by atoms with Crippen molar-refractivity contribution >= 4 is 23.6 Å². The van der Waals surface area contributed by atoms with Gasteiger partial charge < -0.3 is 29.9 Å². The Morgan fingerprint density at radius 3 is 2.38 bits per heavy atom. The predicted molar refractivity (Wildman–Crippen MR) is 177 cm³/mol. The Morgan fingerprint density at radius 2 is 1.62 bits per heavy atom. The van der Waals surface area contributed by atoms with Crippen molar-refractivity contribution in [3.05, 3.63) is 83.7 Å². The van der Waals surface area contributed by atoms with Gasteiger partial charge in [0, 0.05) is 45.2 Å². The summed E-state index contributed by atoms with van der Waals surface area (Å²) in [6.07, 6.45) is 2.51.